The average molecular weight is 615 g/mol. The topological polar surface area (TPSA) is 123 Å². The molecule has 9 nitrogen and oxygen atoms in total. The van der Waals surface area contributed by atoms with E-state index < -0.39 is 17.5 Å². The van der Waals surface area contributed by atoms with Gasteiger partial charge in [-0.2, -0.15) is 0 Å². The summed E-state index contributed by atoms with van der Waals surface area (Å²) >= 11 is 0. The lowest BCUT2D eigenvalue weighted by Crippen LogP contribution is -2.35. The largest absolute Gasteiger partial charge is 0.487 e. The van der Waals surface area contributed by atoms with Crippen molar-refractivity contribution in [2.24, 2.45) is 0 Å². The Bertz CT molecular complexity index is 1920. The molecule has 44 heavy (non-hydrogen) atoms. The molecule has 1 aliphatic heterocycles. The van der Waals surface area contributed by atoms with E-state index in [1.54, 1.807) is 4.57 Å². The maximum Gasteiger partial charge on any atom is 0.439 e. The summed E-state index contributed by atoms with van der Waals surface area (Å²) in [5.41, 5.74) is 5.74. The molecule has 10 heteroatoms. The van der Waals surface area contributed by atoms with Crippen LogP contribution in [0.3, 0.4) is 0 Å². The highest BCUT2D eigenvalue weighted by molar-refractivity contribution is 5.85. The van der Waals surface area contributed by atoms with Crippen LogP contribution >= 0.6 is 12.4 Å². The zero-order valence-electron chi connectivity index (χ0n) is 25.1. The van der Waals surface area contributed by atoms with E-state index in [1.807, 2.05) is 87.5 Å². The van der Waals surface area contributed by atoms with Crippen LogP contribution in [0.1, 0.15) is 67.9 Å². The first-order valence-corrected chi connectivity index (χ1v) is 14.5. The minimum absolute atomic E-state index is 0. The highest BCUT2D eigenvalue weighted by Gasteiger charge is 2.33. The number of aliphatic hydroxyl groups excluding tert-OH is 1. The first-order valence-electron chi connectivity index (χ1n) is 14.5. The third kappa shape index (κ3) is 5.98. The van der Waals surface area contributed by atoms with Gasteiger partial charge in [-0.15, -0.1) is 12.4 Å². The molecule has 2 aromatic heterocycles. The Balaban J connectivity index is 0.00000384. The molecule has 0 amide bonds. The fourth-order valence-electron chi connectivity index (χ4n) is 5.88. The fourth-order valence-corrected chi connectivity index (χ4v) is 5.88. The normalized spacial score (nSPS) is 15.2. The third-order valence-corrected chi connectivity index (χ3v) is 7.87. The van der Waals surface area contributed by atoms with Gasteiger partial charge in [0.05, 0.1) is 17.5 Å². The number of fused-ring (bicyclic) bond motifs is 1. The number of ether oxygens (including phenoxy) is 1. The van der Waals surface area contributed by atoms with Crippen molar-refractivity contribution in [1.29, 1.82) is 0 Å². The Morgan fingerprint density at radius 1 is 1.05 bits per heavy atom. The number of hydrogen-bond donors (Lipinski definition) is 2. The summed E-state index contributed by atoms with van der Waals surface area (Å²) in [6.07, 6.45) is 1.76. The third-order valence-electron chi connectivity index (χ3n) is 7.87. The second-order valence-electron chi connectivity index (χ2n) is 11.6. The van der Waals surface area contributed by atoms with E-state index in [4.69, 9.17) is 14.2 Å². The van der Waals surface area contributed by atoms with Crippen LogP contribution in [0.5, 0.6) is 5.75 Å². The number of aromatic amines is 1. The number of nitrogens with zero attached hydrogens (tertiary/aromatic N) is 3. The summed E-state index contributed by atoms with van der Waals surface area (Å²) < 4.78 is 12.4. The second-order valence-corrected chi connectivity index (χ2v) is 11.6. The first kappa shape index (κ1) is 31.0. The van der Waals surface area contributed by atoms with E-state index in [-0.39, 0.29) is 18.0 Å². The van der Waals surface area contributed by atoms with Gasteiger partial charge in [-0.05, 0) is 62.1 Å². The summed E-state index contributed by atoms with van der Waals surface area (Å²) in [6, 6.07) is 21.2. The highest BCUT2D eigenvalue weighted by Crippen LogP contribution is 2.40. The highest BCUT2D eigenvalue weighted by atomic mass is 35.5. The Morgan fingerprint density at radius 3 is 2.45 bits per heavy atom. The molecule has 0 spiro atoms. The lowest BCUT2D eigenvalue weighted by Gasteiger charge is -2.35. The van der Waals surface area contributed by atoms with E-state index in [9.17, 15) is 14.7 Å². The summed E-state index contributed by atoms with van der Waals surface area (Å²) in [4.78, 5) is 33.2. The molecule has 0 aliphatic carbocycles. The number of H-pyrrole nitrogens is 1. The van der Waals surface area contributed by atoms with Crippen molar-refractivity contribution in [3.05, 3.63) is 116 Å². The summed E-state index contributed by atoms with van der Waals surface area (Å²) in [5.74, 6) is 0.987. The van der Waals surface area contributed by atoms with Gasteiger partial charge in [0.2, 0.25) is 0 Å². The van der Waals surface area contributed by atoms with Crippen molar-refractivity contribution < 1.29 is 14.4 Å². The molecular weight excluding hydrogens is 580 g/mol. The zero-order valence-corrected chi connectivity index (χ0v) is 25.9. The molecule has 1 unspecified atom stereocenters. The molecule has 0 radical (unpaired) electrons. The molecule has 5 aromatic rings. The van der Waals surface area contributed by atoms with E-state index in [1.165, 1.54) is 0 Å². The zero-order chi connectivity index (χ0) is 30.3. The van der Waals surface area contributed by atoms with Crippen molar-refractivity contribution in [2.75, 3.05) is 0 Å². The van der Waals surface area contributed by atoms with Crippen molar-refractivity contribution in [1.82, 2.24) is 19.7 Å². The van der Waals surface area contributed by atoms with Gasteiger partial charge in [0.1, 0.15) is 17.2 Å². The molecule has 3 heterocycles. The van der Waals surface area contributed by atoms with Gasteiger partial charge >= 0.3 is 5.76 Å². The van der Waals surface area contributed by atoms with Crippen molar-refractivity contribution in [3.8, 4) is 34.0 Å². The van der Waals surface area contributed by atoms with E-state index in [0.717, 1.165) is 34.4 Å². The van der Waals surface area contributed by atoms with Gasteiger partial charge in [0.25, 0.3) is 5.56 Å². The predicted octanol–water partition coefficient (Wildman–Crippen LogP) is 6.11. The monoisotopic (exact) mass is 614 g/mol. The Morgan fingerprint density at radius 2 is 1.77 bits per heavy atom. The van der Waals surface area contributed by atoms with Crippen molar-refractivity contribution in [3.63, 3.8) is 0 Å². The number of rotatable bonds is 7. The van der Waals surface area contributed by atoms with Crippen LogP contribution in [-0.2, 0) is 12.8 Å². The minimum atomic E-state index is -0.685. The molecule has 0 fully saturated rings. The van der Waals surface area contributed by atoms with E-state index in [0.29, 0.717) is 53.5 Å². The van der Waals surface area contributed by atoms with Crippen molar-refractivity contribution >= 4 is 12.4 Å². The van der Waals surface area contributed by atoms with Crippen LogP contribution < -0.4 is 16.1 Å². The van der Waals surface area contributed by atoms with E-state index in [2.05, 4.69) is 17.1 Å². The maximum absolute atomic E-state index is 14.1. The van der Waals surface area contributed by atoms with Gasteiger partial charge in [-0.1, -0.05) is 67.0 Å². The van der Waals surface area contributed by atoms with Crippen LogP contribution in [0.15, 0.2) is 80.8 Å². The van der Waals surface area contributed by atoms with Gasteiger partial charge in [-0.25, -0.2) is 9.78 Å². The quantitative estimate of drug-likeness (QED) is 0.227. The predicted molar refractivity (Wildman–Crippen MR) is 171 cm³/mol. The summed E-state index contributed by atoms with van der Waals surface area (Å²) in [7, 11) is 0. The molecule has 3 aromatic carbocycles. The van der Waals surface area contributed by atoms with Gasteiger partial charge in [0.15, 0.2) is 5.82 Å². The lowest BCUT2D eigenvalue weighted by molar-refractivity contribution is 0.0115. The molecule has 2 N–H and O–H groups in total. The number of nitrogens with one attached hydrogen (secondary N) is 1. The minimum Gasteiger partial charge on any atom is -0.487 e. The number of benzene rings is 3. The van der Waals surface area contributed by atoms with E-state index >= 15 is 0 Å². The number of aryl methyl sites for hydroxylation is 2. The number of aliphatic hydroxyl groups is 1. The van der Waals surface area contributed by atoms with Gasteiger partial charge in [0, 0.05) is 29.5 Å². The lowest BCUT2D eigenvalue weighted by atomic mass is 9.91. The average Bonchev–Trinajstić information content (AvgIpc) is 3.41. The second kappa shape index (κ2) is 12.3. The van der Waals surface area contributed by atoms with Crippen LogP contribution in [0.2, 0.25) is 0 Å². The maximum atomic E-state index is 14.1. The van der Waals surface area contributed by atoms with Crippen LogP contribution in [0.4, 0.5) is 0 Å². The molecular formula is C34H35ClN4O5. The fraction of sp³-hybridized carbons (Fsp3) is 0.294. The first-order chi connectivity index (χ1) is 20.6. The van der Waals surface area contributed by atoms with Crippen LogP contribution in [0.25, 0.3) is 28.2 Å². The molecule has 1 atom stereocenters. The molecule has 0 saturated carbocycles. The Labute approximate surface area is 261 Å². The Hall–Kier alpha value is -4.47. The smallest absolute Gasteiger partial charge is 0.439 e. The van der Waals surface area contributed by atoms with Crippen molar-refractivity contribution in [2.45, 2.75) is 65.1 Å². The molecule has 0 bridgehead atoms. The molecule has 6 rings (SSSR count). The van der Waals surface area contributed by atoms with Gasteiger partial charge in [-0.3, -0.25) is 18.9 Å². The summed E-state index contributed by atoms with van der Waals surface area (Å²) in [5, 5.41) is 14.7. The Kier molecular flexibility index (Phi) is 8.63. The SMILES string of the molecule is CCCc1nc(C)n(-c2ccc3c(c2)C(O)CC(C)(C)O3)c(=O)c1Cc1ccc(-c2ccccc2-c2noc(=O)[nH]2)cc1.Cl. The standard InChI is InChI=1S/C34H34N4O5.ClH/c1-5-8-28-26(17-21-11-13-22(14-12-21)24-9-6-7-10-25(24)31-36-33(41)43-37-31)32(40)38(20(2)35-28)23-15-16-30-27(18-23)29(39)19-34(3,4)42-30;/h6-7,9-16,18,29,39H,5,8,17,19H2,1-4H3,(H,36,37,41);1H. The van der Waals surface area contributed by atoms with Crippen LogP contribution in [-0.4, -0.2) is 30.4 Å². The van der Waals surface area contributed by atoms with Gasteiger partial charge < -0.3 is 9.84 Å². The molecule has 1 aliphatic rings. The summed E-state index contributed by atoms with van der Waals surface area (Å²) in [6.45, 7) is 7.82. The number of hydrogen-bond acceptors (Lipinski definition) is 7. The number of halogens is 1. The molecule has 228 valence electrons. The molecule has 0 saturated heterocycles. The number of aromatic nitrogens is 4. The van der Waals surface area contributed by atoms with Crippen LogP contribution in [0, 0.1) is 6.92 Å².